The molecule has 1 aromatic carbocycles. The Balaban J connectivity index is 1.47. The summed E-state index contributed by atoms with van der Waals surface area (Å²) in [5.74, 6) is 1.62. The summed E-state index contributed by atoms with van der Waals surface area (Å²) in [5, 5.41) is 5.46. The van der Waals surface area contributed by atoms with Crippen LogP contribution >= 0.6 is 15.9 Å². The molecule has 4 rings (SSSR count). The lowest BCUT2D eigenvalue weighted by atomic mass is 10.1. The fraction of sp³-hybridized carbons (Fsp3) is 0.450. The summed E-state index contributed by atoms with van der Waals surface area (Å²) in [5.41, 5.74) is 2.25. The average molecular weight is 429 g/mol. The third-order valence-corrected chi connectivity index (χ3v) is 5.89. The van der Waals surface area contributed by atoms with Crippen LogP contribution in [-0.4, -0.2) is 50.8 Å². The third kappa shape index (κ3) is 3.84. The fourth-order valence-corrected chi connectivity index (χ4v) is 4.58. The fourth-order valence-electron chi connectivity index (χ4n) is 3.99. The Bertz CT molecular complexity index is 909. The third-order valence-electron chi connectivity index (χ3n) is 5.34. The van der Waals surface area contributed by atoms with E-state index in [-0.39, 0.29) is 0 Å². The monoisotopic (exact) mass is 428 g/mol. The molecule has 6 nitrogen and oxygen atoms in total. The molecule has 2 aromatic heterocycles. The summed E-state index contributed by atoms with van der Waals surface area (Å²) < 4.78 is 2.61. The van der Waals surface area contributed by atoms with Gasteiger partial charge in [-0.05, 0) is 47.3 Å². The Morgan fingerprint density at radius 1 is 1.22 bits per heavy atom. The minimum Gasteiger partial charge on any atom is -0.356 e. The van der Waals surface area contributed by atoms with Gasteiger partial charge < -0.3 is 4.90 Å². The van der Waals surface area contributed by atoms with Crippen LogP contribution in [0.25, 0.3) is 11.0 Å². The molecule has 0 amide bonds. The number of nitrogens with zero attached hydrogens (tertiary/aromatic N) is 6. The maximum absolute atomic E-state index is 4.60. The zero-order valence-corrected chi connectivity index (χ0v) is 17.4. The van der Waals surface area contributed by atoms with E-state index >= 15 is 0 Å². The van der Waals surface area contributed by atoms with E-state index in [0.29, 0.717) is 5.92 Å². The molecule has 1 saturated heterocycles. The Morgan fingerprint density at radius 2 is 2.04 bits per heavy atom. The minimum absolute atomic E-state index is 0.647. The van der Waals surface area contributed by atoms with E-state index in [1.54, 1.807) is 11.0 Å². The topological polar surface area (TPSA) is 50.1 Å². The van der Waals surface area contributed by atoms with E-state index in [0.717, 1.165) is 54.2 Å². The molecule has 1 atom stereocenters. The number of aryl methyl sites for hydroxylation is 1. The number of fused-ring (bicyclic) bond motifs is 1. The van der Waals surface area contributed by atoms with Crippen molar-refractivity contribution in [2.75, 3.05) is 31.1 Å². The molecular weight excluding hydrogens is 404 g/mol. The van der Waals surface area contributed by atoms with E-state index in [2.05, 4.69) is 78.1 Å². The molecule has 1 fully saturated rings. The van der Waals surface area contributed by atoms with Gasteiger partial charge in [-0.2, -0.15) is 5.10 Å². The van der Waals surface area contributed by atoms with Crippen LogP contribution in [0.2, 0.25) is 0 Å². The molecule has 27 heavy (non-hydrogen) atoms. The van der Waals surface area contributed by atoms with Crippen LogP contribution in [-0.2, 0) is 13.6 Å². The Kier molecular flexibility index (Phi) is 5.41. The molecule has 0 spiro atoms. The van der Waals surface area contributed by atoms with Gasteiger partial charge in [0.25, 0.3) is 0 Å². The molecule has 1 aliphatic heterocycles. The van der Waals surface area contributed by atoms with Gasteiger partial charge in [0.2, 0.25) is 0 Å². The van der Waals surface area contributed by atoms with Crippen molar-refractivity contribution >= 4 is 32.8 Å². The van der Waals surface area contributed by atoms with Crippen molar-refractivity contribution in [1.29, 1.82) is 0 Å². The standard InChI is InChI=1S/C20H25BrN6/c1-3-27(20-17-18(21)24-25(2)19(17)22-14-23-20)13-16-9-10-26(12-16)11-15-7-5-4-6-8-15/h4-8,14,16H,3,9-13H2,1-2H3. The second kappa shape index (κ2) is 7.94. The van der Waals surface area contributed by atoms with Crippen LogP contribution in [0.3, 0.4) is 0 Å². The lowest BCUT2D eigenvalue weighted by Gasteiger charge is -2.26. The van der Waals surface area contributed by atoms with Crippen molar-refractivity contribution in [2.24, 2.45) is 13.0 Å². The normalized spacial score (nSPS) is 17.7. The molecule has 0 aliphatic carbocycles. The molecule has 1 unspecified atom stereocenters. The average Bonchev–Trinajstić information content (AvgIpc) is 3.24. The predicted octanol–water partition coefficient (Wildman–Crippen LogP) is 3.47. The molecule has 3 aromatic rings. The number of hydrogen-bond acceptors (Lipinski definition) is 5. The van der Waals surface area contributed by atoms with Crippen LogP contribution in [0.5, 0.6) is 0 Å². The number of aromatic nitrogens is 4. The Labute approximate surface area is 168 Å². The predicted molar refractivity (Wildman–Crippen MR) is 112 cm³/mol. The number of anilines is 1. The molecule has 0 radical (unpaired) electrons. The van der Waals surface area contributed by atoms with Crippen molar-refractivity contribution in [2.45, 2.75) is 19.9 Å². The van der Waals surface area contributed by atoms with E-state index in [9.17, 15) is 0 Å². The highest BCUT2D eigenvalue weighted by molar-refractivity contribution is 9.10. The van der Waals surface area contributed by atoms with Crippen molar-refractivity contribution in [3.8, 4) is 0 Å². The van der Waals surface area contributed by atoms with Gasteiger partial charge in [0.15, 0.2) is 5.65 Å². The molecule has 142 valence electrons. The second-order valence-corrected chi connectivity index (χ2v) is 7.98. The summed E-state index contributed by atoms with van der Waals surface area (Å²) >= 11 is 3.58. The number of benzene rings is 1. The summed E-state index contributed by atoms with van der Waals surface area (Å²) in [6.07, 6.45) is 2.87. The zero-order valence-electron chi connectivity index (χ0n) is 15.8. The number of rotatable bonds is 6. The highest BCUT2D eigenvalue weighted by atomic mass is 79.9. The zero-order chi connectivity index (χ0) is 18.8. The Morgan fingerprint density at radius 3 is 2.81 bits per heavy atom. The number of likely N-dealkylation sites (tertiary alicyclic amines) is 1. The molecule has 0 N–H and O–H groups in total. The molecular formula is C20H25BrN6. The van der Waals surface area contributed by atoms with Crippen LogP contribution in [0.4, 0.5) is 5.82 Å². The highest BCUT2D eigenvalue weighted by Gasteiger charge is 2.26. The molecule has 3 heterocycles. The van der Waals surface area contributed by atoms with Gasteiger partial charge in [-0.15, -0.1) is 0 Å². The van der Waals surface area contributed by atoms with Gasteiger partial charge in [-0.25, -0.2) is 14.6 Å². The molecule has 0 bridgehead atoms. The van der Waals surface area contributed by atoms with Crippen LogP contribution in [0, 0.1) is 5.92 Å². The van der Waals surface area contributed by atoms with E-state index in [1.807, 2.05) is 7.05 Å². The summed E-state index contributed by atoms with van der Waals surface area (Å²) in [6.45, 7) is 7.45. The first-order chi connectivity index (χ1) is 13.2. The minimum atomic E-state index is 0.647. The van der Waals surface area contributed by atoms with Crippen molar-refractivity contribution in [1.82, 2.24) is 24.6 Å². The summed E-state index contributed by atoms with van der Waals surface area (Å²) in [4.78, 5) is 13.9. The second-order valence-electron chi connectivity index (χ2n) is 7.22. The first-order valence-corrected chi connectivity index (χ1v) is 10.3. The van der Waals surface area contributed by atoms with Crippen LogP contribution in [0.1, 0.15) is 18.9 Å². The lowest BCUT2D eigenvalue weighted by molar-refractivity contribution is 0.317. The molecule has 0 saturated carbocycles. The van der Waals surface area contributed by atoms with Gasteiger partial charge in [0.1, 0.15) is 16.7 Å². The smallest absolute Gasteiger partial charge is 0.164 e. The van der Waals surface area contributed by atoms with Gasteiger partial charge >= 0.3 is 0 Å². The van der Waals surface area contributed by atoms with Crippen molar-refractivity contribution in [3.05, 3.63) is 46.8 Å². The highest BCUT2D eigenvalue weighted by Crippen LogP contribution is 2.30. The maximum atomic E-state index is 4.60. The quantitative estimate of drug-likeness (QED) is 0.601. The van der Waals surface area contributed by atoms with Gasteiger partial charge in [0, 0.05) is 33.2 Å². The lowest BCUT2D eigenvalue weighted by Crippen LogP contribution is -2.32. The van der Waals surface area contributed by atoms with Gasteiger partial charge in [-0.1, -0.05) is 30.3 Å². The number of hydrogen-bond donors (Lipinski definition) is 0. The van der Waals surface area contributed by atoms with E-state index < -0.39 is 0 Å². The van der Waals surface area contributed by atoms with E-state index in [1.165, 1.54) is 12.0 Å². The first-order valence-electron chi connectivity index (χ1n) is 9.50. The first kappa shape index (κ1) is 18.4. The molecule has 1 aliphatic rings. The maximum Gasteiger partial charge on any atom is 0.164 e. The Hall–Kier alpha value is -1.99. The SMILES string of the molecule is CCN(CC1CCN(Cc2ccccc2)C1)c1ncnc2c1c(Br)nn2C. The number of halogens is 1. The molecule has 7 heteroatoms. The van der Waals surface area contributed by atoms with Crippen molar-refractivity contribution < 1.29 is 0 Å². The van der Waals surface area contributed by atoms with Crippen LogP contribution in [0.15, 0.2) is 41.3 Å². The van der Waals surface area contributed by atoms with Crippen LogP contribution < -0.4 is 4.90 Å². The summed E-state index contributed by atoms with van der Waals surface area (Å²) in [7, 11) is 1.92. The van der Waals surface area contributed by atoms with E-state index in [4.69, 9.17) is 0 Å². The summed E-state index contributed by atoms with van der Waals surface area (Å²) in [6, 6.07) is 10.7. The largest absolute Gasteiger partial charge is 0.356 e. The van der Waals surface area contributed by atoms with Crippen molar-refractivity contribution in [3.63, 3.8) is 0 Å². The van der Waals surface area contributed by atoms with Gasteiger partial charge in [0.05, 0.1) is 5.39 Å². The van der Waals surface area contributed by atoms with Gasteiger partial charge in [-0.3, -0.25) is 4.90 Å².